The average molecular weight is 159 g/mol. The molecular formula is C8H17NO2. The van der Waals surface area contributed by atoms with Crippen LogP contribution in [0.25, 0.3) is 0 Å². The summed E-state index contributed by atoms with van der Waals surface area (Å²) in [5, 5.41) is 21.3. The van der Waals surface area contributed by atoms with Gasteiger partial charge in [0.15, 0.2) is 0 Å². The second-order valence-corrected chi connectivity index (χ2v) is 3.33. The van der Waals surface area contributed by atoms with Gasteiger partial charge in [0.05, 0.1) is 12.2 Å². The lowest BCUT2D eigenvalue weighted by Crippen LogP contribution is -2.38. The third kappa shape index (κ3) is 2.77. The van der Waals surface area contributed by atoms with Crippen molar-refractivity contribution in [2.45, 2.75) is 31.3 Å². The number of aliphatic hydroxyl groups is 2. The van der Waals surface area contributed by atoms with Gasteiger partial charge in [-0.15, -0.1) is 0 Å². The van der Waals surface area contributed by atoms with Gasteiger partial charge in [-0.2, -0.15) is 0 Å². The summed E-state index contributed by atoms with van der Waals surface area (Å²) in [7, 11) is 0. The van der Waals surface area contributed by atoms with Crippen LogP contribution in [0.15, 0.2) is 0 Å². The maximum Gasteiger partial charge on any atom is 0.0771 e. The van der Waals surface area contributed by atoms with Crippen LogP contribution >= 0.6 is 0 Å². The normalized spacial score (nSPS) is 22.4. The van der Waals surface area contributed by atoms with E-state index in [2.05, 4.69) is 5.32 Å². The minimum atomic E-state index is -0.477. The van der Waals surface area contributed by atoms with Gasteiger partial charge < -0.3 is 15.5 Å². The molecule has 1 saturated carbocycles. The fourth-order valence-electron chi connectivity index (χ4n) is 1.61. The predicted octanol–water partition coefficient (Wildman–Crippen LogP) is -0.127. The highest BCUT2D eigenvalue weighted by Gasteiger charge is 2.30. The highest BCUT2D eigenvalue weighted by molar-refractivity contribution is 4.85. The molecule has 0 aromatic heterocycles. The first kappa shape index (κ1) is 8.97. The molecule has 0 unspecified atom stereocenters. The zero-order valence-electron chi connectivity index (χ0n) is 6.84. The van der Waals surface area contributed by atoms with Crippen molar-refractivity contribution in [3.63, 3.8) is 0 Å². The summed E-state index contributed by atoms with van der Waals surface area (Å²) in [5.41, 5.74) is -0.477. The van der Waals surface area contributed by atoms with Crippen LogP contribution in [0.2, 0.25) is 0 Å². The number of rotatable bonds is 4. The van der Waals surface area contributed by atoms with Crippen LogP contribution in [0.4, 0.5) is 0 Å². The highest BCUT2D eigenvalue weighted by atomic mass is 16.3. The van der Waals surface area contributed by atoms with Gasteiger partial charge in [0.1, 0.15) is 0 Å². The molecule has 1 rings (SSSR count). The summed E-state index contributed by atoms with van der Waals surface area (Å²) < 4.78 is 0. The monoisotopic (exact) mass is 159 g/mol. The first-order valence-electron chi connectivity index (χ1n) is 4.31. The average Bonchev–Trinajstić information content (AvgIpc) is 2.38. The van der Waals surface area contributed by atoms with Crippen LogP contribution in [0.3, 0.4) is 0 Å². The maximum atomic E-state index is 9.77. The van der Waals surface area contributed by atoms with Gasteiger partial charge in [-0.25, -0.2) is 0 Å². The van der Waals surface area contributed by atoms with Crippen LogP contribution in [0, 0.1) is 0 Å². The second kappa shape index (κ2) is 4.04. The molecule has 3 N–H and O–H groups in total. The predicted molar refractivity (Wildman–Crippen MR) is 43.4 cm³/mol. The molecule has 66 valence electrons. The molecule has 0 aromatic rings. The summed E-state index contributed by atoms with van der Waals surface area (Å²) in [5.74, 6) is 0. The van der Waals surface area contributed by atoms with Gasteiger partial charge in [-0.3, -0.25) is 0 Å². The molecule has 0 radical (unpaired) electrons. The first-order valence-corrected chi connectivity index (χ1v) is 4.31. The fourth-order valence-corrected chi connectivity index (χ4v) is 1.61. The van der Waals surface area contributed by atoms with Crippen LogP contribution in [0.5, 0.6) is 0 Å². The van der Waals surface area contributed by atoms with Crippen LogP contribution in [-0.2, 0) is 0 Å². The first-order chi connectivity index (χ1) is 5.27. The molecular weight excluding hydrogens is 142 g/mol. The second-order valence-electron chi connectivity index (χ2n) is 3.33. The standard InChI is InChI=1S/C8H17NO2/c10-6-5-9-7-8(11)3-1-2-4-8/h9-11H,1-7H2. The molecule has 0 aliphatic heterocycles. The molecule has 0 saturated heterocycles. The Hall–Kier alpha value is -0.120. The summed E-state index contributed by atoms with van der Waals surface area (Å²) in [6.07, 6.45) is 4.09. The van der Waals surface area contributed by atoms with Crippen molar-refractivity contribution >= 4 is 0 Å². The van der Waals surface area contributed by atoms with Crippen LogP contribution < -0.4 is 5.32 Å². The summed E-state index contributed by atoms with van der Waals surface area (Å²) >= 11 is 0. The van der Waals surface area contributed by atoms with Gasteiger partial charge in [-0.1, -0.05) is 12.8 Å². The van der Waals surface area contributed by atoms with Crippen LogP contribution in [0.1, 0.15) is 25.7 Å². The van der Waals surface area contributed by atoms with Crippen molar-refractivity contribution in [2.24, 2.45) is 0 Å². The molecule has 0 bridgehead atoms. The van der Waals surface area contributed by atoms with E-state index in [1.807, 2.05) is 0 Å². The van der Waals surface area contributed by atoms with E-state index in [0.29, 0.717) is 13.1 Å². The third-order valence-corrected chi connectivity index (χ3v) is 2.28. The lowest BCUT2D eigenvalue weighted by Gasteiger charge is -2.21. The summed E-state index contributed by atoms with van der Waals surface area (Å²) in [4.78, 5) is 0. The van der Waals surface area contributed by atoms with Gasteiger partial charge in [0.2, 0.25) is 0 Å². The maximum absolute atomic E-state index is 9.77. The molecule has 0 atom stereocenters. The van der Waals surface area contributed by atoms with E-state index in [1.165, 1.54) is 0 Å². The zero-order chi connectivity index (χ0) is 8.16. The van der Waals surface area contributed by atoms with E-state index in [4.69, 9.17) is 5.11 Å². The molecule has 11 heavy (non-hydrogen) atoms. The quantitative estimate of drug-likeness (QED) is 0.501. The van der Waals surface area contributed by atoms with Crippen molar-refractivity contribution in [3.8, 4) is 0 Å². The SMILES string of the molecule is OCCNCC1(O)CCCC1. The minimum Gasteiger partial charge on any atom is -0.395 e. The van der Waals surface area contributed by atoms with Gasteiger partial charge in [-0.05, 0) is 12.8 Å². The Morgan fingerprint density at radius 3 is 2.45 bits per heavy atom. The molecule has 3 heteroatoms. The topological polar surface area (TPSA) is 52.5 Å². The largest absolute Gasteiger partial charge is 0.395 e. The minimum absolute atomic E-state index is 0.149. The van der Waals surface area contributed by atoms with Crippen molar-refractivity contribution in [1.29, 1.82) is 0 Å². The third-order valence-electron chi connectivity index (χ3n) is 2.28. The van der Waals surface area contributed by atoms with Crippen LogP contribution in [-0.4, -0.2) is 35.5 Å². The van der Waals surface area contributed by atoms with E-state index < -0.39 is 5.60 Å². The lowest BCUT2D eigenvalue weighted by atomic mass is 10.0. The van der Waals surface area contributed by atoms with Gasteiger partial charge >= 0.3 is 0 Å². The van der Waals surface area contributed by atoms with E-state index >= 15 is 0 Å². The summed E-state index contributed by atoms with van der Waals surface area (Å²) in [6, 6.07) is 0. The highest BCUT2D eigenvalue weighted by Crippen LogP contribution is 2.28. The smallest absolute Gasteiger partial charge is 0.0771 e. The Bertz CT molecular complexity index is 111. The van der Waals surface area contributed by atoms with Crippen molar-refractivity contribution in [3.05, 3.63) is 0 Å². The molecule has 1 aliphatic carbocycles. The Kier molecular flexibility index (Phi) is 3.30. The summed E-state index contributed by atoms with van der Waals surface area (Å²) in [6.45, 7) is 1.37. The van der Waals surface area contributed by atoms with Crippen molar-refractivity contribution < 1.29 is 10.2 Å². The number of hydrogen-bond acceptors (Lipinski definition) is 3. The number of aliphatic hydroxyl groups excluding tert-OH is 1. The molecule has 1 fully saturated rings. The van der Waals surface area contributed by atoms with Crippen molar-refractivity contribution in [2.75, 3.05) is 19.7 Å². The van der Waals surface area contributed by atoms with Crippen molar-refractivity contribution in [1.82, 2.24) is 5.32 Å². The van der Waals surface area contributed by atoms with E-state index in [1.54, 1.807) is 0 Å². The Labute approximate surface area is 67.4 Å². The number of nitrogens with one attached hydrogen (secondary N) is 1. The molecule has 1 aliphatic rings. The molecule has 0 spiro atoms. The van der Waals surface area contributed by atoms with Gasteiger partial charge in [0, 0.05) is 13.1 Å². The Morgan fingerprint density at radius 2 is 1.91 bits per heavy atom. The molecule has 3 nitrogen and oxygen atoms in total. The van der Waals surface area contributed by atoms with E-state index in [-0.39, 0.29) is 6.61 Å². The zero-order valence-corrected chi connectivity index (χ0v) is 6.84. The molecule has 0 amide bonds. The Morgan fingerprint density at radius 1 is 1.27 bits per heavy atom. The molecule has 0 heterocycles. The Balaban J connectivity index is 2.13. The van der Waals surface area contributed by atoms with Gasteiger partial charge in [0.25, 0.3) is 0 Å². The number of hydrogen-bond donors (Lipinski definition) is 3. The lowest BCUT2D eigenvalue weighted by molar-refractivity contribution is 0.0469. The van der Waals surface area contributed by atoms with E-state index in [9.17, 15) is 5.11 Å². The molecule has 0 aromatic carbocycles. The van der Waals surface area contributed by atoms with E-state index in [0.717, 1.165) is 25.7 Å². The fraction of sp³-hybridized carbons (Fsp3) is 1.00.